The standard InChI is InChI=1S/C43H29N5/c1-3-28-18-22-31(23-19-28)42-44-41(30-12-6-5-7-13-30)45-43(46-42)48-38-17-11-9-15-34(38)36-26-39-35(27-40(36)48)33-14-8-10-16-37(33)47(39)32-24-20-29(4-2)21-25-32/h3-27H,1-2H2. The smallest absolute Gasteiger partial charge is 0.238 e. The molecule has 0 spiro atoms. The Bertz CT molecular complexity index is 2680. The zero-order valence-corrected chi connectivity index (χ0v) is 26.1. The van der Waals surface area contributed by atoms with E-state index in [9.17, 15) is 0 Å². The SMILES string of the molecule is C=Cc1ccc(-c2nc(-c3ccccc3)nc(-n3c4ccccc4c4cc5c(cc43)c3ccccc3n5-c3ccc(C=C)cc3)n2)cc1. The van der Waals surface area contributed by atoms with Gasteiger partial charge in [-0.3, -0.25) is 4.57 Å². The predicted molar refractivity (Wildman–Crippen MR) is 200 cm³/mol. The molecule has 0 fully saturated rings. The van der Waals surface area contributed by atoms with E-state index in [1.165, 1.54) is 5.39 Å². The molecule has 0 radical (unpaired) electrons. The van der Waals surface area contributed by atoms with Gasteiger partial charge in [-0.25, -0.2) is 4.98 Å². The quantitative estimate of drug-likeness (QED) is 0.187. The maximum atomic E-state index is 5.14. The molecule has 0 unspecified atom stereocenters. The van der Waals surface area contributed by atoms with Gasteiger partial charge in [0.05, 0.1) is 22.1 Å². The molecule has 0 N–H and O–H groups in total. The van der Waals surface area contributed by atoms with E-state index in [1.807, 2.05) is 66.7 Å². The number of benzene rings is 6. The van der Waals surface area contributed by atoms with Crippen molar-refractivity contribution in [2.24, 2.45) is 0 Å². The van der Waals surface area contributed by atoms with Gasteiger partial charge in [0.25, 0.3) is 0 Å². The normalized spacial score (nSPS) is 11.5. The van der Waals surface area contributed by atoms with E-state index in [4.69, 9.17) is 15.0 Å². The second kappa shape index (κ2) is 11.0. The molecule has 5 nitrogen and oxygen atoms in total. The fraction of sp³-hybridized carbons (Fsp3) is 0. The fourth-order valence-electron chi connectivity index (χ4n) is 6.76. The molecule has 0 amide bonds. The van der Waals surface area contributed by atoms with Crippen LogP contribution in [0.3, 0.4) is 0 Å². The van der Waals surface area contributed by atoms with Crippen molar-refractivity contribution in [3.63, 3.8) is 0 Å². The fourth-order valence-corrected chi connectivity index (χ4v) is 6.76. The van der Waals surface area contributed by atoms with E-state index in [0.717, 1.165) is 66.2 Å². The average molecular weight is 616 g/mol. The summed E-state index contributed by atoms with van der Waals surface area (Å²) in [6.45, 7) is 7.85. The maximum absolute atomic E-state index is 5.14. The van der Waals surface area contributed by atoms with Gasteiger partial charge < -0.3 is 4.57 Å². The Labute approximate surface area is 277 Å². The predicted octanol–water partition coefficient (Wildman–Crippen LogP) is 10.7. The molecule has 0 aliphatic rings. The Morgan fingerprint density at radius 2 is 0.896 bits per heavy atom. The molecule has 0 aliphatic carbocycles. The summed E-state index contributed by atoms with van der Waals surface area (Å²) >= 11 is 0. The molecule has 9 rings (SSSR count). The van der Waals surface area contributed by atoms with Gasteiger partial charge in [-0.15, -0.1) is 0 Å². The van der Waals surface area contributed by atoms with E-state index < -0.39 is 0 Å². The average Bonchev–Trinajstić information content (AvgIpc) is 3.66. The van der Waals surface area contributed by atoms with Gasteiger partial charge in [0.1, 0.15) is 0 Å². The molecular formula is C43H29N5. The van der Waals surface area contributed by atoms with Gasteiger partial charge in [-0.2, -0.15) is 9.97 Å². The highest BCUT2D eigenvalue weighted by Crippen LogP contribution is 2.39. The molecule has 3 aromatic heterocycles. The van der Waals surface area contributed by atoms with Crippen molar-refractivity contribution in [1.82, 2.24) is 24.1 Å². The molecular weight excluding hydrogens is 587 g/mol. The second-order valence-electron chi connectivity index (χ2n) is 11.9. The van der Waals surface area contributed by atoms with Gasteiger partial charge >= 0.3 is 0 Å². The van der Waals surface area contributed by atoms with E-state index in [0.29, 0.717) is 17.6 Å². The number of nitrogens with zero attached hydrogens (tertiary/aromatic N) is 5. The van der Waals surface area contributed by atoms with Crippen LogP contribution < -0.4 is 0 Å². The van der Waals surface area contributed by atoms with Crippen molar-refractivity contribution in [1.29, 1.82) is 0 Å². The van der Waals surface area contributed by atoms with Crippen LogP contribution in [0.5, 0.6) is 0 Å². The van der Waals surface area contributed by atoms with Gasteiger partial charge in [0, 0.05) is 38.4 Å². The molecule has 9 aromatic rings. The van der Waals surface area contributed by atoms with Crippen LogP contribution in [0.1, 0.15) is 11.1 Å². The number of para-hydroxylation sites is 2. The minimum absolute atomic E-state index is 0.570. The molecule has 0 atom stereocenters. The summed E-state index contributed by atoms with van der Waals surface area (Å²) in [6.07, 6.45) is 3.71. The first-order valence-corrected chi connectivity index (χ1v) is 15.9. The van der Waals surface area contributed by atoms with Gasteiger partial charge in [0.2, 0.25) is 5.95 Å². The number of hydrogen-bond donors (Lipinski definition) is 0. The van der Waals surface area contributed by atoms with E-state index in [-0.39, 0.29) is 0 Å². The van der Waals surface area contributed by atoms with Gasteiger partial charge in [-0.1, -0.05) is 128 Å². The van der Waals surface area contributed by atoms with Crippen molar-refractivity contribution in [3.8, 4) is 34.4 Å². The maximum Gasteiger partial charge on any atom is 0.238 e. The Hall–Kier alpha value is -6.59. The van der Waals surface area contributed by atoms with Crippen molar-refractivity contribution in [2.45, 2.75) is 0 Å². The Kier molecular flexibility index (Phi) is 6.37. The van der Waals surface area contributed by atoms with Crippen LogP contribution in [0.15, 0.2) is 153 Å². The highest BCUT2D eigenvalue weighted by Gasteiger charge is 2.21. The van der Waals surface area contributed by atoms with Crippen LogP contribution in [0.4, 0.5) is 0 Å². The lowest BCUT2D eigenvalue weighted by molar-refractivity contribution is 0.954. The lowest BCUT2D eigenvalue weighted by atomic mass is 10.1. The number of fused-ring (bicyclic) bond motifs is 6. The Morgan fingerprint density at radius 3 is 1.48 bits per heavy atom. The van der Waals surface area contributed by atoms with E-state index in [2.05, 4.69) is 107 Å². The number of hydrogen-bond acceptors (Lipinski definition) is 3. The molecule has 48 heavy (non-hydrogen) atoms. The highest BCUT2D eigenvalue weighted by atomic mass is 15.2. The summed E-state index contributed by atoms with van der Waals surface area (Å²) in [7, 11) is 0. The van der Waals surface area contributed by atoms with E-state index in [1.54, 1.807) is 0 Å². The molecule has 6 aromatic carbocycles. The molecule has 3 heterocycles. The lowest BCUT2D eigenvalue weighted by Gasteiger charge is -2.11. The first-order chi connectivity index (χ1) is 23.7. The van der Waals surface area contributed by atoms with Crippen LogP contribution in [0.2, 0.25) is 0 Å². The Morgan fingerprint density at radius 1 is 0.417 bits per heavy atom. The van der Waals surface area contributed by atoms with Crippen LogP contribution in [0, 0.1) is 0 Å². The third-order valence-electron chi connectivity index (χ3n) is 9.11. The molecule has 0 saturated carbocycles. The van der Waals surface area contributed by atoms with Crippen LogP contribution in [0.25, 0.3) is 90.2 Å². The summed E-state index contributed by atoms with van der Waals surface area (Å²) in [4.78, 5) is 15.2. The summed E-state index contributed by atoms with van der Waals surface area (Å²) < 4.78 is 4.54. The Balaban J connectivity index is 1.36. The van der Waals surface area contributed by atoms with Gasteiger partial charge in [0.15, 0.2) is 11.6 Å². The summed E-state index contributed by atoms with van der Waals surface area (Å²) in [5.74, 6) is 1.80. The highest BCUT2D eigenvalue weighted by molar-refractivity contribution is 6.18. The molecule has 226 valence electrons. The first kappa shape index (κ1) is 27.7. The minimum Gasteiger partial charge on any atom is -0.309 e. The third-order valence-corrected chi connectivity index (χ3v) is 9.11. The second-order valence-corrected chi connectivity index (χ2v) is 11.9. The largest absolute Gasteiger partial charge is 0.309 e. The number of aromatic nitrogens is 5. The van der Waals surface area contributed by atoms with Crippen molar-refractivity contribution in [3.05, 3.63) is 164 Å². The monoisotopic (exact) mass is 615 g/mol. The van der Waals surface area contributed by atoms with Crippen molar-refractivity contribution in [2.75, 3.05) is 0 Å². The van der Waals surface area contributed by atoms with Crippen LogP contribution >= 0.6 is 0 Å². The topological polar surface area (TPSA) is 48.5 Å². The summed E-state index contributed by atoms with van der Waals surface area (Å²) in [5, 5.41) is 4.60. The zero-order valence-electron chi connectivity index (χ0n) is 26.1. The lowest BCUT2D eigenvalue weighted by Crippen LogP contribution is -2.06. The van der Waals surface area contributed by atoms with Crippen molar-refractivity contribution < 1.29 is 0 Å². The summed E-state index contributed by atoms with van der Waals surface area (Å²) in [6, 6.07) is 48.5. The summed E-state index contributed by atoms with van der Waals surface area (Å²) in [5.41, 5.74) is 9.43. The minimum atomic E-state index is 0.570. The molecule has 0 bridgehead atoms. The van der Waals surface area contributed by atoms with Crippen LogP contribution in [-0.2, 0) is 0 Å². The van der Waals surface area contributed by atoms with E-state index >= 15 is 0 Å². The molecule has 0 saturated heterocycles. The zero-order chi connectivity index (χ0) is 32.2. The molecule has 5 heteroatoms. The third kappa shape index (κ3) is 4.37. The first-order valence-electron chi connectivity index (χ1n) is 15.9. The van der Waals surface area contributed by atoms with Crippen molar-refractivity contribution >= 4 is 55.8 Å². The number of rotatable bonds is 6. The van der Waals surface area contributed by atoms with Gasteiger partial charge in [-0.05, 0) is 47.5 Å². The van der Waals surface area contributed by atoms with Crippen LogP contribution in [-0.4, -0.2) is 24.1 Å². The molecule has 0 aliphatic heterocycles.